The van der Waals surface area contributed by atoms with Crippen LogP contribution in [0.3, 0.4) is 0 Å². The van der Waals surface area contributed by atoms with Crippen molar-refractivity contribution in [1.82, 2.24) is 0 Å². The fourth-order valence-electron chi connectivity index (χ4n) is 2.62. The van der Waals surface area contributed by atoms with Gasteiger partial charge in [0.05, 0.1) is 0 Å². The van der Waals surface area contributed by atoms with E-state index >= 15 is 0 Å². The zero-order valence-corrected chi connectivity index (χ0v) is 15.2. The molecule has 140 valence electrons. The normalized spacial score (nSPS) is 10.1. The average molecular weight is 374 g/mol. The van der Waals surface area contributed by atoms with E-state index in [0.717, 1.165) is 12.8 Å². The van der Waals surface area contributed by atoms with Crippen molar-refractivity contribution in [3.8, 4) is 0 Å². The van der Waals surface area contributed by atoms with Crippen LogP contribution in [-0.2, 0) is 0 Å². The van der Waals surface area contributed by atoms with Gasteiger partial charge in [-0.1, -0.05) is 84.9 Å². The lowest BCUT2D eigenvalue weighted by Gasteiger charge is -2.14. The molecule has 0 fully saturated rings. The fraction of sp³-hybridized carbons (Fsp3) is 0.200. The number of hydrogen-bond donors (Lipinski definition) is 0. The molecule has 0 bridgehead atoms. The number of benzene rings is 2. The molecule has 2 aromatic rings. The summed E-state index contributed by atoms with van der Waals surface area (Å²) in [5.41, 5.74) is 18.4. The van der Waals surface area contributed by atoms with Crippen molar-refractivity contribution in [3.63, 3.8) is 0 Å². The standard InChI is InChI=1S/C20H18N6O2/c1-2-3-4-5-18(19(27)14-6-10-16(11-7-14)23-25-21)20(28)15-8-12-17(13-9-15)24-26-22/h6-13H,1-5H2. The molecule has 0 amide bonds. The van der Waals surface area contributed by atoms with Crippen LogP contribution in [0.4, 0.5) is 11.4 Å². The van der Waals surface area contributed by atoms with Crippen LogP contribution in [0.1, 0.15) is 46.4 Å². The number of hydrogen-bond acceptors (Lipinski definition) is 4. The topological polar surface area (TPSA) is 132 Å². The molecule has 0 heterocycles. The molecule has 8 nitrogen and oxygen atoms in total. The van der Waals surface area contributed by atoms with Gasteiger partial charge in [0.15, 0.2) is 11.6 Å². The molecule has 2 aromatic carbocycles. The Bertz CT molecular complexity index is 851. The van der Waals surface area contributed by atoms with Crippen LogP contribution in [0.5, 0.6) is 0 Å². The summed E-state index contributed by atoms with van der Waals surface area (Å²) >= 11 is 0. The number of Topliss-reactive ketones (excluding diaryl/α,β-unsaturated/α-hetero) is 2. The maximum absolute atomic E-state index is 12.9. The van der Waals surface area contributed by atoms with E-state index in [4.69, 9.17) is 11.1 Å². The third kappa shape index (κ3) is 5.45. The third-order valence-electron chi connectivity index (χ3n) is 4.05. The lowest BCUT2D eigenvalue weighted by atomic mass is 9.86. The van der Waals surface area contributed by atoms with Gasteiger partial charge in [-0.2, -0.15) is 0 Å². The molecule has 0 saturated carbocycles. The zero-order valence-electron chi connectivity index (χ0n) is 15.2. The number of rotatable bonds is 10. The van der Waals surface area contributed by atoms with Crippen molar-refractivity contribution >= 4 is 22.9 Å². The second kappa shape index (κ2) is 10.5. The second-order valence-electron chi connectivity index (χ2n) is 5.92. The minimum atomic E-state index is -0.360. The highest BCUT2D eigenvalue weighted by molar-refractivity contribution is 6.27. The molecular formula is C20H18N6O2. The molecule has 0 saturated heterocycles. The summed E-state index contributed by atoms with van der Waals surface area (Å²) in [6.07, 6.45) is 2.53. The highest BCUT2D eigenvalue weighted by Crippen LogP contribution is 2.25. The summed E-state index contributed by atoms with van der Waals surface area (Å²) in [5.74, 6) is -0.539. The van der Waals surface area contributed by atoms with Gasteiger partial charge in [-0.05, 0) is 17.5 Å². The molecule has 2 rings (SSSR count). The Morgan fingerprint density at radius 1 is 0.786 bits per heavy atom. The largest absolute Gasteiger partial charge is 0.293 e. The first-order valence-electron chi connectivity index (χ1n) is 8.65. The van der Waals surface area contributed by atoms with Crippen LogP contribution >= 0.6 is 0 Å². The van der Waals surface area contributed by atoms with Crippen LogP contribution < -0.4 is 0 Å². The monoisotopic (exact) mass is 374 g/mol. The quantitative estimate of drug-likeness (QED) is 0.116. The highest BCUT2D eigenvalue weighted by Gasteiger charge is 2.29. The van der Waals surface area contributed by atoms with Gasteiger partial charge < -0.3 is 0 Å². The summed E-state index contributed by atoms with van der Waals surface area (Å²) in [4.78, 5) is 31.3. The average Bonchev–Trinajstić information content (AvgIpc) is 2.72. The molecule has 0 atom stereocenters. The number of nitrogens with zero attached hydrogens (tertiary/aromatic N) is 6. The summed E-state index contributed by atoms with van der Waals surface area (Å²) in [6.45, 7) is 3.78. The molecule has 0 aliphatic rings. The Hall–Kier alpha value is -3.60. The van der Waals surface area contributed by atoms with Crippen molar-refractivity contribution in [1.29, 1.82) is 0 Å². The minimum Gasteiger partial charge on any atom is -0.293 e. The molecule has 0 spiro atoms. The highest BCUT2D eigenvalue weighted by atomic mass is 16.2. The lowest BCUT2D eigenvalue weighted by Crippen LogP contribution is -2.22. The van der Waals surface area contributed by atoms with Crippen molar-refractivity contribution in [3.05, 3.63) is 93.4 Å². The SMILES string of the molecule is [CH2]CCCC[C](C(=O)c1ccc(N=[N+]=[N-])cc1)C(=O)c1ccc(N=[N+]=[N-])cc1. The smallest absolute Gasteiger partial charge is 0.178 e. The maximum Gasteiger partial charge on any atom is 0.178 e. The Balaban J connectivity index is 2.28. The van der Waals surface area contributed by atoms with E-state index < -0.39 is 0 Å². The Labute approximate surface area is 162 Å². The van der Waals surface area contributed by atoms with Crippen molar-refractivity contribution in [2.75, 3.05) is 0 Å². The predicted octanol–water partition coefficient (Wildman–Crippen LogP) is 6.60. The molecule has 0 unspecified atom stereocenters. The molecule has 28 heavy (non-hydrogen) atoms. The predicted molar refractivity (Wildman–Crippen MR) is 106 cm³/mol. The van der Waals surface area contributed by atoms with E-state index in [0.29, 0.717) is 35.3 Å². The zero-order chi connectivity index (χ0) is 20.4. The number of carbonyl (C=O) groups excluding carboxylic acids is 2. The van der Waals surface area contributed by atoms with E-state index in [1.165, 1.54) is 48.5 Å². The summed E-state index contributed by atoms with van der Waals surface area (Å²) in [7, 11) is 0. The van der Waals surface area contributed by atoms with E-state index in [9.17, 15) is 9.59 Å². The molecule has 0 aromatic heterocycles. The number of unbranched alkanes of at least 4 members (excludes halogenated alkanes) is 2. The van der Waals surface area contributed by atoms with Gasteiger partial charge in [0.2, 0.25) is 0 Å². The number of azide groups is 2. The van der Waals surface area contributed by atoms with Crippen LogP contribution in [0, 0.1) is 12.8 Å². The fourth-order valence-corrected chi connectivity index (χ4v) is 2.62. The number of ketones is 2. The first-order chi connectivity index (χ1) is 13.6. The molecule has 0 aliphatic carbocycles. The van der Waals surface area contributed by atoms with Gasteiger partial charge in [0.1, 0.15) is 5.92 Å². The van der Waals surface area contributed by atoms with Gasteiger partial charge in [-0.15, -0.1) is 0 Å². The minimum absolute atomic E-state index is 0.182. The summed E-state index contributed by atoms with van der Waals surface area (Å²) in [6, 6.07) is 12.2. The maximum atomic E-state index is 12.9. The van der Waals surface area contributed by atoms with Gasteiger partial charge in [-0.25, -0.2) is 0 Å². The first kappa shape index (κ1) is 20.7. The van der Waals surface area contributed by atoms with Crippen LogP contribution in [0.15, 0.2) is 58.8 Å². The van der Waals surface area contributed by atoms with Gasteiger partial charge in [0, 0.05) is 32.3 Å². The number of carbonyl (C=O) groups is 2. The van der Waals surface area contributed by atoms with E-state index in [-0.39, 0.29) is 17.5 Å². The molecule has 2 radical (unpaired) electrons. The Kier molecular flexibility index (Phi) is 7.78. The van der Waals surface area contributed by atoms with Crippen LogP contribution in [-0.4, -0.2) is 11.6 Å². The molecule has 8 heteroatoms. The third-order valence-corrected chi connectivity index (χ3v) is 4.05. The van der Waals surface area contributed by atoms with E-state index in [1.54, 1.807) is 0 Å². The van der Waals surface area contributed by atoms with Gasteiger partial charge in [-0.3, -0.25) is 9.59 Å². The van der Waals surface area contributed by atoms with E-state index in [2.05, 4.69) is 27.0 Å². The van der Waals surface area contributed by atoms with Crippen molar-refractivity contribution < 1.29 is 9.59 Å². The van der Waals surface area contributed by atoms with Gasteiger partial charge in [0.25, 0.3) is 0 Å². The molecule has 0 N–H and O–H groups in total. The summed E-state index contributed by atoms with van der Waals surface area (Å²) < 4.78 is 0. The van der Waals surface area contributed by atoms with Crippen LogP contribution in [0.2, 0.25) is 0 Å². The van der Waals surface area contributed by atoms with Gasteiger partial charge >= 0.3 is 0 Å². The Morgan fingerprint density at radius 3 is 1.57 bits per heavy atom. The molecular weight excluding hydrogens is 356 g/mol. The first-order valence-corrected chi connectivity index (χ1v) is 8.65. The summed E-state index contributed by atoms with van der Waals surface area (Å²) in [5, 5.41) is 6.95. The van der Waals surface area contributed by atoms with E-state index in [1.807, 2.05) is 0 Å². The second-order valence-corrected chi connectivity index (χ2v) is 5.92. The van der Waals surface area contributed by atoms with Crippen molar-refractivity contribution in [2.24, 2.45) is 10.2 Å². The van der Waals surface area contributed by atoms with Crippen LogP contribution in [0.25, 0.3) is 20.9 Å². The Morgan fingerprint density at radius 2 is 1.21 bits per heavy atom. The van der Waals surface area contributed by atoms with Crippen molar-refractivity contribution in [2.45, 2.75) is 25.7 Å². The lowest BCUT2D eigenvalue weighted by molar-refractivity contribution is 0.0915. The molecule has 0 aliphatic heterocycles.